The van der Waals surface area contributed by atoms with Gasteiger partial charge in [0.1, 0.15) is 11.4 Å². The number of hydrogen-bond donors (Lipinski definition) is 2. The first-order valence-corrected chi connectivity index (χ1v) is 7.01. The van der Waals surface area contributed by atoms with E-state index in [1.54, 1.807) is 19.4 Å². The molecule has 1 amide bonds. The van der Waals surface area contributed by atoms with Crippen molar-refractivity contribution in [3.63, 3.8) is 0 Å². The Kier molecular flexibility index (Phi) is 3.66. The Bertz CT molecular complexity index is 607. The first kappa shape index (κ1) is 13.7. The minimum atomic E-state index is -0.0442. The third kappa shape index (κ3) is 2.64. The molecule has 3 N–H and O–H groups in total. The molecule has 0 radical (unpaired) electrons. The second-order valence-electron chi connectivity index (χ2n) is 5.34. The van der Waals surface area contributed by atoms with Crippen molar-refractivity contribution in [3.05, 3.63) is 53.9 Å². The number of likely N-dealkylation sites (tertiary alicyclic amines) is 1. The number of rotatable bonds is 3. The number of carbonyl (C=O) groups is 1. The maximum atomic E-state index is 12.4. The van der Waals surface area contributed by atoms with Gasteiger partial charge in [0.05, 0.1) is 7.11 Å². The van der Waals surface area contributed by atoms with Gasteiger partial charge in [-0.25, -0.2) is 0 Å². The van der Waals surface area contributed by atoms with Crippen LogP contribution >= 0.6 is 0 Å². The van der Waals surface area contributed by atoms with Gasteiger partial charge < -0.3 is 20.4 Å². The summed E-state index contributed by atoms with van der Waals surface area (Å²) < 4.78 is 5.17. The number of H-pyrrole nitrogens is 1. The largest absolute Gasteiger partial charge is 0.497 e. The number of benzene rings is 1. The van der Waals surface area contributed by atoms with Crippen molar-refractivity contribution in [2.75, 3.05) is 20.2 Å². The summed E-state index contributed by atoms with van der Waals surface area (Å²) >= 11 is 0. The summed E-state index contributed by atoms with van der Waals surface area (Å²) in [5, 5.41) is 0. The SMILES string of the molecule is COc1ccc([C@@H]2CN(C(=O)c3ccc[nH]3)C[C@H]2N)cc1. The maximum Gasteiger partial charge on any atom is 0.270 e. The lowest BCUT2D eigenvalue weighted by Gasteiger charge is -2.16. The van der Waals surface area contributed by atoms with E-state index in [9.17, 15) is 4.79 Å². The molecular formula is C16H19N3O2. The normalized spacial score (nSPS) is 21.5. The van der Waals surface area contributed by atoms with Crippen molar-refractivity contribution in [2.24, 2.45) is 5.73 Å². The Hall–Kier alpha value is -2.27. The Balaban J connectivity index is 1.75. The molecule has 1 aliphatic rings. The highest BCUT2D eigenvalue weighted by atomic mass is 16.5. The molecule has 21 heavy (non-hydrogen) atoms. The number of nitrogens with two attached hydrogens (primary N) is 1. The molecule has 2 heterocycles. The highest BCUT2D eigenvalue weighted by molar-refractivity contribution is 5.92. The Morgan fingerprint density at radius 1 is 1.29 bits per heavy atom. The smallest absolute Gasteiger partial charge is 0.270 e. The molecule has 0 unspecified atom stereocenters. The van der Waals surface area contributed by atoms with Crippen molar-refractivity contribution in [2.45, 2.75) is 12.0 Å². The highest BCUT2D eigenvalue weighted by Gasteiger charge is 2.34. The van der Waals surface area contributed by atoms with Crippen LogP contribution in [0.3, 0.4) is 0 Å². The zero-order chi connectivity index (χ0) is 14.8. The molecule has 5 heteroatoms. The van der Waals surface area contributed by atoms with E-state index in [-0.39, 0.29) is 17.9 Å². The number of carbonyl (C=O) groups excluding carboxylic acids is 1. The van der Waals surface area contributed by atoms with Crippen LogP contribution in [0, 0.1) is 0 Å². The van der Waals surface area contributed by atoms with Gasteiger partial charge in [-0.2, -0.15) is 0 Å². The zero-order valence-electron chi connectivity index (χ0n) is 12.0. The summed E-state index contributed by atoms with van der Waals surface area (Å²) in [5.74, 6) is 0.992. The van der Waals surface area contributed by atoms with Crippen molar-refractivity contribution in [1.29, 1.82) is 0 Å². The van der Waals surface area contributed by atoms with Gasteiger partial charge >= 0.3 is 0 Å². The summed E-state index contributed by atoms with van der Waals surface area (Å²) in [5.41, 5.74) is 7.98. The summed E-state index contributed by atoms with van der Waals surface area (Å²) in [6.07, 6.45) is 1.75. The molecule has 110 valence electrons. The van der Waals surface area contributed by atoms with Crippen LogP contribution in [0.5, 0.6) is 5.75 Å². The quantitative estimate of drug-likeness (QED) is 0.899. The third-order valence-corrected chi connectivity index (χ3v) is 4.02. The fourth-order valence-electron chi connectivity index (χ4n) is 2.83. The van der Waals surface area contributed by atoms with Gasteiger partial charge in [0.2, 0.25) is 0 Å². The molecule has 2 aromatic rings. The molecule has 1 fully saturated rings. The second kappa shape index (κ2) is 5.61. The Morgan fingerprint density at radius 2 is 2.05 bits per heavy atom. The second-order valence-corrected chi connectivity index (χ2v) is 5.34. The number of aromatic nitrogens is 1. The van der Waals surface area contributed by atoms with E-state index >= 15 is 0 Å². The van der Waals surface area contributed by atoms with Crippen LogP contribution in [-0.4, -0.2) is 42.0 Å². The summed E-state index contributed by atoms with van der Waals surface area (Å²) in [4.78, 5) is 17.1. The van der Waals surface area contributed by atoms with Gasteiger partial charge in [0, 0.05) is 31.2 Å². The molecule has 0 saturated carbocycles. The molecule has 1 aromatic heterocycles. The van der Waals surface area contributed by atoms with Crippen LogP contribution in [-0.2, 0) is 0 Å². The third-order valence-electron chi connectivity index (χ3n) is 4.02. The standard InChI is InChI=1S/C16H19N3O2/c1-21-12-6-4-11(5-7-12)13-9-19(10-14(13)17)16(20)15-3-2-8-18-15/h2-8,13-14,18H,9-10,17H2,1H3/t13-,14+/m0/s1. The van der Waals surface area contributed by atoms with E-state index in [4.69, 9.17) is 10.5 Å². The molecule has 5 nitrogen and oxygen atoms in total. The molecule has 3 rings (SSSR count). The van der Waals surface area contributed by atoms with Crippen LogP contribution in [0.1, 0.15) is 22.0 Å². The fourth-order valence-corrected chi connectivity index (χ4v) is 2.83. The average molecular weight is 285 g/mol. The number of amides is 1. The number of ether oxygens (including phenoxy) is 1. The zero-order valence-corrected chi connectivity index (χ0v) is 12.0. The molecule has 0 bridgehead atoms. The molecule has 1 saturated heterocycles. The molecule has 1 aliphatic heterocycles. The minimum absolute atomic E-state index is 0.00598. The Morgan fingerprint density at radius 3 is 2.67 bits per heavy atom. The van der Waals surface area contributed by atoms with Gasteiger partial charge in [-0.05, 0) is 29.8 Å². The number of nitrogens with zero attached hydrogens (tertiary/aromatic N) is 1. The summed E-state index contributed by atoms with van der Waals surface area (Å²) in [7, 11) is 1.65. The van der Waals surface area contributed by atoms with Crippen molar-refractivity contribution < 1.29 is 9.53 Å². The van der Waals surface area contributed by atoms with Crippen molar-refractivity contribution >= 4 is 5.91 Å². The van der Waals surface area contributed by atoms with Gasteiger partial charge in [-0.1, -0.05) is 12.1 Å². The predicted molar refractivity (Wildman–Crippen MR) is 80.4 cm³/mol. The number of methoxy groups -OCH3 is 1. The van der Waals surface area contributed by atoms with Crippen molar-refractivity contribution in [1.82, 2.24) is 9.88 Å². The molecular weight excluding hydrogens is 266 g/mol. The molecule has 1 aromatic carbocycles. The van der Waals surface area contributed by atoms with Gasteiger partial charge in [0.25, 0.3) is 5.91 Å². The van der Waals surface area contributed by atoms with Crippen LogP contribution in [0.25, 0.3) is 0 Å². The van der Waals surface area contributed by atoms with Gasteiger partial charge in [-0.3, -0.25) is 4.79 Å². The number of aromatic amines is 1. The lowest BCUT2D eigenvalue weighted by Crippen LogP contribution is -2.32. The highest BCUT2D eigenvalue weighted by Crippen LogP contribution is 2.28. The van der Waals surface area contributed by atoms with E-state index in [1.165, 1.54) is 0 Å². The van der Waals surface area contributed by atoms with Gasteiger partial charge in [-0.15, -0.1) is 0 Å². The van der Waals surface area contributed by atoms with Crippen LogP contribution < -0.4 is 10.5 Å². The van der Waals surface area contributed by atoms with E-state index in [0.29, 0.717) is 18.8 Å². The summed E-state index contributed by atoms with van der Waals surface area (Å²) in [6, 6.07) is 11.5. The van der Waals surface area contributed by atoms with Crippen molar-refractivity contribution in [3.8, 4) is 5.75 Å². The van der Waals surface area contributed by atoms with Crippen LogP contribution in [0.15, 0.2) is 42.6 Å². The molecule has 0 aliphatic carbocycles. The van der Waals surface area contributed by atoms with E-state index < -0.39 is 0 Å². The molecule has 0 spiro atoms. The lowest BCUT2D eigenvalue weighted by molar-refractivity contribution is 0.0784. The summed E-state index contributed by atoms with van der Waals surface area (Å²) in [6.45, 7) is 1.22. The number of nitrogens with one attached hydrogen (secondary N) is 1. The number of hydrogen-bond acceptors (Lipinski definition) is 3. The lowest BCUT2D eigenvalue weighted by atomic mass is 9.95. The predicted octanol–water partition coefficient (Wildman–Crippen LogP) is 1.59. The molecule has 2 atom stereocenters. The Labute approximate surface area is 123 Å². The fraction of sp³-hybridized carbons (Fsp3) is 0.312. The van der Waals surface area contributed by atoms with E-state index in [0.717, 1.165) is 11.3 Å². The first-order valence-electron chi connectivity index (χ1n) is 7.01. The maximum absolute atomic E-state index is 12.4. The minimum Gasteiger partial charge on any atom is -0.497 e. The van der Waals surface area contributed by atoms with Gasteiger partial charge in [0.15, 0.2) is 0 Å². The first-order chi connectivity index (χ1) is 10.2. The van der Waals surface area contributed by atoms with Crippen LogP contribution in [0.2, 0.25) is 0 Å². The van der Waals surface area contributed by atoms with Crippen LogP contribution in [0.4, 0.5) is 0 Å². The van der Waals surface area contributed by atoms with E-state index in [1.807, 2.05) is 35.2 Å². The van der Waals surface area contributed by atoms with E-state index in [2.05, 4.69) is 4.98 Å². The monoisotopic (exact) mass is 285 g/mol. The topological polar surface area (TPSA) is 71.3 Å². The average Bonchev–Trinajstić information content (AvgIpc) is 3.16.